The first-order valence-electron chi connectivity index (χ1n) is 8.36. The van der Waals surface area contributed by atoms with Gasteiger partial charge < -0.3 is 10.2 Å². The number of nitrogens with one attached hydrogen (secondary N) is 1. The molecule has 1 aromatic rings. The highest BCUT2D eigenvalue weighted by molar-refractivity contribution is 5.84. The molecule has 23 heavy (non-hydrogen) atoms. The van der Waals surface area contributed by atoms with E-state index < -0.39 is 0 Å². The van der Waals surface area contributed by atoms with Crippen molar-refractivity contribution in [2.45, 2.75) is 53.1 Å². The fraction of sp³-hybridized carbons (Fsp3) is 0.706. The standard InChI is InChI=1S/C17H28N4O2/c1-11(2)10-21-13(4)15(6-7-16(21)22)17(23)18-9-14-8-12(3)19-20(14)5/h8,11,13,15H,6-7,9-10H2,1-5H3,(H,18,23)/t13-,15-/m1/s1. The zero-order valence-corrected chi connectivity index (χ0v) is 14.8. The van der Waals surface area contributed by atoms with Crippen LogP contribution in [-0.2, 0) is 23.2 Å². The summed E-state index contributed by atoms with van der Waals surface area (Å²) in [5, 5.41) is 7.29. The van der Waals surface area contributed by atoms with Crippen molar-refractivity contribution in [3.8, 4) is 0 Å². The third-order valence-electron chi connectivity index (χ3n) is 4.50. The highest BCUT2D eigenvalue weighted by atomic mass is 16.2. The lowest BCUT2D eigenvalue weighted by molar-refractivity contribution is -0.143. The SMILES string of the molecule is Cc1cc(CNC(=O)[C@@H]2CCC(=O)N(CC(C)C)[C@@H]2C)n(C)n1. The summed E-state index contributed by atoms with van der Waals surface area (Å²) >= 11 is 0. The van der Waals surface area contributed by atoms with Gasteiger partial charge in [-0.25, -0.2) is 0 Å². The number of carbonyl (C=O) groups excluding carboxylic acids is 2. The summed E-state index contributed by atoms with van der Waals surface area (Å²) in [6.45, 7) is 9.28. The molecule has 0 aliphatic carbocycles. The van der Waals surface area contributed by atoms with Crippen molar-refractivity contribution in [3.63, 3.8) is 0 Å². The van der Waals surface area contributed by atoms with Crippen LogP contribution >= 0.6 is 0 Å². The van der Waals surface area contributed by atoms with E-state index in [0.717, 1.165) is 11.4 Å². The van der Waals surface area contributed by atoms with Gasteiger partial charge in [-0.1, -0.05) is 13.8 Å². The summed E-state index contributed by atoms with van der Waals surface area (Å²) < 4.78 is 1.79. The number of aromatic nitrogens is 2. The molecule has 0 bridgehead atoms. The van der Waals surface area contributed by atoms with Gasteiger partial charge in [-0.3, -0.25) is 14.3 Å². The van der Waals surface area contributed by atoms with E-state index in [1.54, 1.807) is 4.68 Å². The number of aryl methyl sites for hydroxylation is 2. The molecule has 128 valence electrons. The van der Waals surface area contributed by atoms with Crippen LogP contribution in [0.2, 0.25) is 0 Å². The van der Waals surface area contributed by atoms with Gasteiger partial charge in [0.2, 0.25) is 11.8 Å². The van der Waals surface area contributed by atoms with Gasteiger partial charge in [-0.2, -0.15) is 5.10 Å². The molecule has 1 saturated heterocycles. The number of piperidine rings is 1. The maximum Gasteiger partial charge on any atom is 0.225 e. The number of hydrogen-bond donors (Lipinski definition) is 1. The highest BCUT2D eigenvalue weighted by Crippen LogP contribution is 2.25. The second-order valence-corrected chi connectivity index (χ2v) is 6.94. The van der Waals surface area contributed by atoms with E-state index in [1.807, 2.05) is 31.9 Å². The fourth-order valence-electron chi connectivity index (χ4n) is 3.26. The molecule has 1 aliphatic rings. The van der Waals surface area contributed by atoms with E-state index in [4.69, 9.17) is 0 Å². The molecule has 6 nitrogen and oxygen atoms in total. The fourth-order valence-corrected chi connectivity index (χ4v) is 3.26. The van der Waals surface area contributed by atoms with E-state index in [9.17, 15) is 9.59 Å². The molecule has 1 N–H and O–H groups in total. The Morgan fingerprint density at radius 1 is 1.48 bits per heavy atom. The number of likely N-dealkylation sites (tertiary alicyclic amines) is 1. The molecule has 0 spiro atoms. The zero-order valence-electron chi connectivity index (χ0n) is 14.8. The minimum atomic E-state index is -0.138. The third-order valence-corrected chi connectivity index (χ3v) is 4.50. The Balaban J connectivity index is 1.98. The largest absolute Gasteiger partial charge is 0.350 e. The Kier molecular flexibility index (Phi) is 5.44. The summed E-state index contributed by atoms with van der Waals surface area (Å²) in [6, 6.07) is 1.92. The first kappa shape index (κ1) is 17.5. The Hall–Kier alpha value is -1.85. The van der Waals surface area contributed by atoms with Crippen molar-refractivity contribution in [1.82, 2.24) is 20.0 Å². The van der Waals surface area contributed by atoms with Gasteiger partial charge in [0.1, 0.15) is 0 Å². The number of amides is 2. The molecule has 0 radical (unpaired) electrons. The van der Waals surface area contributed by atoms with Crippen molar-refractivity contribution in [2.24, 2.45) is 18.9 Å². The molecule has 0 unspecified atom stereocenters. The van der Waals surface area contributed by atoms with Crippen LogP contribution in [-0.4, -0.2) is 39.1 Å². The zero-order chi connectivity index (χ0) is 17.1. The van der Waals surface area contributed by atoms with Crippen LogP contribution in [0.5, 0.6) is 0 Å². The van der Waals surface area contributed by atoms with Crippen LogP contribution in [0.15, 0.2) is 6.07 Å². The van der Waals surface area contributed by atoms with E-state index in [-0.39, 0.29) is 23.8 Å². The summed E-state index contributed by atoms with van der Waals surface area (Å²) in [5.74, 6) is 0.455. The van der Waals surface area contributed by atoms with Gasteiger partial charge in [0.05, 0.1) is 23.9 Å². The molecule has 0 saturated carbocycles. The van der Waals surface area contributed by atoms with Crippen molar-refractivity contribution >= 4 is 11.8 Å². The average molecular weight is 320 g/mol. The number of rotatable bonds is 5. The molecular formula is C17H28N4O2. The summed E-state index contributed by atoms with van der Waals surface area (Å²) in [4.78, 5) is 26.5. The number of nitrogens with zero attached hydrogens (tertiary/aromatic N) is 3. The van der Waals surface area contributed by atoms with Crippen LogP contribution < -0.4 is 5.32 Å². The Bertz CT molecular complexity index is 579. The first-order valence-corrected chi connectivity index (χ1v) is 8.36. The van der Waals surface area contributed by atoms with Gasteiger partial charge in [0.15, 0.2) is 0 Å². The molecular weight excluding hydrogens is 292 g/mol. The van der Waals surface area contributed by atoms with Crippen molar-refractivity contribution in [3.05, 3.63) is 17.5 Å². The molecule has 1 aliphatic heterocycles. The van der Waals surface area contributed by atoms with Gasteiger partial charge in [0, 0.05) is 26.1 Å². The Labute approximate surface area is 138 Å². The maximum absolute atomic E-state index is 12.6. The van der Waals surface area contributed by atoms with E-state index in [1.165, 1.54) is 0 Å². The van der Waals surface area contributed by atoms with Crippen LogP contribution in [0.3, 0.4) is 0 Å². The minimum absolute atomic E-state index is 0.0256. The van der Waals surface area contributed by atoms with Crippen molar-refractivity contribution < 1.29 is 9.59 Å². The Morgan fingerprint density at radius 2 is 2.17 bits per heavy atom. The molecule has 6 heteroatoms. The lowest BCUT2D eigenvalue weighted by atomic mass is 9.88. The molecule has 2 heterocycles. The van der Waals surface area contributed by atoms with Crippen LogP contribution in [0.1, 0.15) is 45.0 Å². The predicted molar refractivity (Wildman–Crippen MR) is 88.5 cm³/mol. The van der Waals surface area contributed by atoms with E-state index in [0.29, 0.717) is 31.8 Å². The molecule has 0 aromatic carbocycles. The summed E-state index contributed by atoms with van der Waals surface area (Å²) in [7, 11) is 1.88. The lowest BCUT2D eigenvalue weighted by Crippen LogP contribution is -2.52. The van der Waals surface area contributed by atoms with Crippen molar-refractivity contribution in [1.29, 1.82) is 0 Å². The molecule has 2 atom stereocenters. The van der Waals surface area contributed by atoms with Crippen molar-refractivity contribution in [2.75, 3.05) is 6.54 Å². The Morgan fingerprint density at radius 3 is 2.74 bits per heavy atom. The van der Waals surface area contributed by atoms with Gasteiger partial charge in [0.25, 0.3) is 0 Å². The van der Waals surface area contributed by atoms with Crippen LogP contribution in [0, 0.1) is 18.8 Å². The van der Waals surface area contributed by atoms with Gasteiger partial charge in [-0.05, 0) is 32.3 Å². The van der Waals surface area contributed by atoms with Crippen LogP contribution in [0.25, 0.3) is 0 Å². The third kappa shape index (κ3) is 4.12. The molecule has 2 rings (SSSR count). The average Bonchev–Trinajstić information content (AvgIpc) is 2.78. The molecule has 1 aromatic heterocycles. The second-order valence-electron chi connectivity index (χ2n) is 6.94. The second kappa shape index (κ2) is 7.15. The summed E-state index contributed by atoms with van der Waals surface area (Å²) in [6.07, 6.45) is 1.09. The summed E-state index contributed by atoms with van der Waals surface area (Å²) in [5.41, 5.74) is 1.92. The predicted octanol–water partition coefficient (Wildman–Crippen LogP) is 1.63. The molecule has 2 amide bonds. The number of hydrogen-bond acceptors (Lipinski definition) is 3. The van der Waals surface area contributed by atoms with Gasteiger partial charge >= 0.3 is 0 Å². The topological polar surface area (TPSA) is 67.2 Å². The highest BCUT2D eigenvalue weighted by Gasteiger charge is 2.36. The van der Waals surface area contributed by atoms with Gasteiger partial charge in [-0.15, -0.1) is 0 Å². The van der Waals surface area contributed by atoms with E-state index in [2.05, 4.69) is 24.3 Å². The number of carbonyl (C=O) groups is 2. The smallest absolute Gasteiger partial charge is 0.225 e. The quantitative estimate of drug-likeness (QED) is 0.896. The lowest BCUT2D eigenvalue weighted by Gasteiger charge is -2.39. The van der Waals surface area contributed by atoms with Crippen LogP contribution in [0.4, 0.5) is 0 Å². The van der Waals surface area contributed by atoms with E-state index >= 15 is 0 Å². The minimum Gasteiger partial charge on any atom is -0.350 e. The molecule has 1 fully saturated rings. The maximum atomic E-state index is 12.6. The monoisotopic (exact) mass is 320 g/mol. The normalized spacial score (nSPS) is 21.8. The first-order chi connectivity index (χ1) is 10.8.